The number of thioether (sulfide) groups is 1. The highest BCUT2D eigenvalue weighted by molar-refractivity contribution is 8.00. The van der Waals surface area contributed by atoms with Gasteiger partial charge in [0.2, 0.25) is 0 Å². The third-order valence-electron chi connectivity index (χ3n) is 2.76. The van der Waals surface area contributed by atoms with E-state index >= 15 is 0 Å². The summed E-state index contributed by atoms with van der Waals surface area (Å²) in [6, 6.07) is 17.9. The largest absolute Gasteiger partial charge is 0.455 e. The molecule has 0 spiro atoms. The third kappa shape index (κ3) is 5.85. The van der Waals surface area contributed by atoms with Gasteiger partial charge in [0, 0.05) is 10.6 Å². The highest BCUT2D eigenvalue weighted by Crippen LogP contribution is 2.16. The Morgan fingerprint density at radius 1 is 1.09 bits per heavy atom. The minimum absolute atomic E-state index is 0.147. The Hall–Kier alpha value is -2.78. The van der Waals surface area contributed by atoms with Crippen LogP contribution in [0.5, 0.6) is 0 Å². The molecule has 5 nitrogen and oxygen atoms in total. The summed E-state index contributed by atoms with van der Waals surface area (Å²) in [5.74, 6) is -0.727. The van der Waals surface area contributed by atoms with Gasteiger partial charge in [-0.3, -0.25) is 9.59 Å². The standard InChI is InChI=1S/C17H14N2O3S/c18-10-13-6-8-14(9-7-13)19-16(20)11-22-17(21)12-23-15-4-2-1-3-5-15/h1-9H,11-12H2,(H,19,20). The number of hydrogen-bond acceptors (Lipinski definition) is 5. The van der Waals surface area contributed by atoms with Gasteiger partial charge < -0.3 is 10.1 Å². The van der Waals surface area contributed by atoms with Gasteiger partial charge in [-0.25, -0.2) is 0 Å². The van der Waals surface area contributed by atoms with Gasteiger partial charge in [0.05, 0.1) is 17.4 Å². The first-order chi connectivity index (χ1) is 11.2. The molecule has 0 saturated heterocycles. The molecule has 2 rings (SSSR count). The highest BCUT2D eigenvalue weighted by atomic mass is 32.2. The number of carbonyl (C=O) groups excluding carboxylic acids is 2. The molecule has 2 aromatic rings. The van der Waals surface area contributed by atoms with Crippen molar-refractivity contribution >= 4 is 29.3 Å². The predicted octanol–water partition coefficient (Wildman–Crippen LogP) is 2.83. The summed E-state index contributed by atoms with van der Waals surface area (Å²) >= 11 is 1.35. The average Bonchev–Trinajstić information content (AvgIpc) is 2.60. The maximum Gasteiger partial charge on any atom is 0.316 e. The van der Waals surface area contributed by atoms with E-state index in [9.17, 15) is 9.59 Å². The number of nitriles is 1. The van der Waals surface area contributed by atoms with Crippen LogP contribution in [-0.4, -0.2) is 24.2 Å². The summed E-state index contributed by atoms with van der Waals surface area (Å²) in [5.41, 5.74) is 1.05. The van der Waals surface area contributed by atoms with Crippen LogP contribution in [-0.2, 0) is 14.3 Å². The Kier molecular flexibility index (Phi) is 6.21. The van der Waals surface area contributed by atoms with Crippen LogP contribution in [0.4, 0.5) is 5.69 Å². The number of carbonyl (C=O) groups is 2. The summed E-state index contributed by atoms with van der Waals surface area (Å²) in [6.45, 7) is -0.339. The second-order valence-electron chi connectivity index (χ2n) is 4.50. The molecule has 0 aromatic heterocycles. The number of nitrogens with zero attached hydrogens (tertiary/aromatic N) is 1. The van der Waals surface area contributed by atoms with Crippen LogP contribution in [0.15, 0.2) is 59.5 Å². The quantitative estimate of drug-likeness (QED) is 0.652. The number of ether oxygens (including phenoxy) is 1. The number of nitrogens with one attached hydrogen (secondary N) is 1. The van der Waals surface area contributed by atoms with E-state index in [4.69, 9.17) is 10.00 Å². The monoisotopic (exact) mass is 326 g/mol. The summed E-state index contributed by atoms with van der Waals surface area (Å²) in [4.78, 5) is 24.2. The first-order valence-electron chi connectivity index (χ1n) is 6.81. The van der Waals surface area contributed by atoms with E-state index in [-0.39, 0.29) is 12.4 Å². The van der Waals surface area contributed by atoms with Crippen molar-refractivity contribution in [3.05, 3.63) is 60.2 Å². The molecule has 6 heteroatoms. The molecular formula is C17H14N2O3S. The van der Waals surface area contributed by atoms with Crippen LogP contribution in [0.3, 0.4) is 0 Å². The van der Waals surface area contributed by atoms with Crippen molar-refractivity contribution in [2.24, 2.45) is 0 Å². The van der Waals surface area contributed by atoms with Crippen molar-refractivity contribution < 1.29 is 14.3 Å². The van der Waals surface area contributed by atoms with E-state index in [1.165, 1.54) is 11.8 Å². The smallest absolute Gasteiger partial charge is 0.316 e. The van der Waals surface area contributed by atoms with Gasteiger partial charge >= 0.3 is 5.97 Å². The molecule has 0 aliphatic heterocycles. The molecule has 0 heterocycles. The predicted molar refractivity (Wildman–Crippen MR) is 87.9 cm³/mol. The number of rotatable bonds is 6. The maximum absolute atomic E-state index is 11.7. The minimum atomic E-state index is -0.450. The van der Waals surface area contributed by atoms with E-state index < -0.39 is 11.9 Å². The van der Waals surface area contributed by atoms with Gasteiger partial charge in [0.25, 0.3) is 5.91 Å². The second-order valence-corrected chi connectivity index (χ2v) is 5.55. The molecule has 0 atom stereocenters. The molecule has 0 unspecified atom stereocenters. The van der Waals surface area contributed by atoms with Crippen molar-refractivity contribution in [3.8, 4) is 6.07 Å². The fraction of sp³-hybridized carbons (Fsp3) is 0.118. The van der Waals surface area contributed by atoms with Gasteiger partial charge in [-0.2, -0.15) is 5.26 Å². The number of benzene rings is 2. The normalized spacial score (nSPS) is 9.70. The van der Waals surface area contributed by atoms with Crippen LogP contribution in [0.25, 0.3) is 0 Å². The topological polar surface area (TPSA) is 79.2 Å². The molecule has 1 amide bonds. The Bertz CT molecular complexity index is 709. The van der Waals surface area contributed by atoms with Crippen molar-refractivity contribution in [2.45, 2.75) is 4.90 Å². The number of amides is 1. The van der Waals surface area contributed by atoms with E-state index in [0.717, 1.165) is 4.90 Å². The zero-order chi connectivity index (χ0) is 16.5. The van der Waals surface area contributed by atoms with Crippen LogP contribution in [0.2, 0.25) is 0 Å². The van der Waals surface area contributed by atoms with Crippen molar-refractivity contribution in [1.82, 2.24) is 0 Å². The van der Waals surface area contributed by atoms with E-state index in [1.54, 1.807) is 24.3 Å². The van der Waals surface area contributed by atoms with Crippen LogP contribution >= 0.6 is 11.8 Å². The molecule has 0 aliphatic rings. The number of hydrogen-bond donors (Lipinski definition) is 1. The Morgan fingerprint density at radius 2 is 1.78 bits per heavy atom. The van der Waals surface area contributed by atoms with E-state index in [1.807, 2.05) is 36.4 Å². The number of esters is 1. The molecule has 116 valence electrons. The van der Waals surface area contributed by atoms with Crippen LogP contribution in [0, 0.1) is 11.3 Å². The first kappa shape index (κ1) is 16.6. The Morgan fingerprint density at radius 3 is 2.43 bits per heavy atom. The fourth-order valence-electron chi connectivity index (χ4n) is 1.67. The summed E-state index contributed by atoms with van der Waals surface area (Å²) in [5, 5.41) is 11.3. The first-order valence-corrected chi connectivity index (χ1v) is 7.79. The second kappa shape index (κ2) is 8.61. The molecule has 23 heavy (non-hydrogen) atoms. The molecule has 0 aliphatic carbocycles. The Labute approximate surface area is 138 Å². The lowest BCUT2D eigenvalue weighted by Gasteiger charge is -2.06. The summed E-state index contributed by atoms with van der Waals surface area (Å²) in [6.07, 6.45) is 0. The average molecular weight is 326 g/mol. The molecule has 0 radical (unpaired) electrons. The van der Waals surface area contributed by atoms with Gasteiger partial charge in [0.15, 0.2) is 6.61 Å². The lowest BCUT2D eigenvalue weighted by atomic mass is 10.2. The molecular weight excluding hydrogens is 312 g/mol. The number of anilines is 1. The van der Waals surface area contributed by atoms with Gasteiger partial charge in [-0.1, -0.05) is 18.2 Å². The maximum atomic E-state index is 11.7. The molecule has 0 saturated carbocycles. The minimum Gasteiger partial charge on any atom is -0.455 e. The summed E-state index contributed by atoms with van der Waals surface area (Å²) in [7, 11) is 0. The van der Waals surface area contributed by atoms with E-state index in [0.29, 0.717) is 11.3 Å². The summed E-state index contributed by atoms with van der Waals surface area (Å²) < 4.78 is 4.92. The lowest BCUT2D eigenvalue weighted by Crippen LogP contribution is -2.21. The molecule has 0 bridgehead atoms. The van der Waals surface area contributed by atoms with E-state index in [2.05, 4.69) is 5.32 Å². The SMILES string of the molecule is N#Cc1ccc(NC(=O)COC(=O)CSc2ccccc2)cc1. The van der Waals surface area contributed by atoms with Crippen molar-refractivity contribution in [3.63, 3.8) is 0 Å². The Balaban J connectivity index is 1.71. The molecule has 2 aromatic carbocycles. The lowest BCUT2D eigenvalue weighted by molar-refractivity contribution is -0.144. The molecule has 0 fully saturated rings. The van der Waals surface area contributed by atoms with Crippen molar-refractivity contribution in [2.75, 3.05) is 17.7 Å². The van der Waals surface area contributed by atoms with Crippen molar-refractivity contribution in [1.29, 1.82) is 5.26 Å². The zero-order valence-corrected chi connectivity index (χ0v) is 13.0. The van der Waals surface area contributed by atoms with Gasteiger partial charge in [0.1, 0.15) is 0 Å². The van der Waals surface area contributed by atoms with Gasteiger partial charge in [-0.05, 0) is 36.4 Å². The van der Waals surface area contributed by atoms with Crippen LogP contribution < -0.4 is 5.32 Å². The fourth-order valence-corrected chi connectivity index (χ4v) is 2.39. The highest BCUT2D eigenvalue weighted by Gasteiger charge is 2.08. The van der Waals surface area contributed by atoms with Gasteiger partial charge in [-0.15, -0.1) is 11.8 Å². The third-order valence-corrected chi connectivity index (χ3v) is 3.75. The molecule has 1 N–H and O–H groups in total. The van der Waals surface area contributed by atoms with Crippen LogP contribution in [0.1, 0.15) is 5.56 Å². The zero-order valence-electron chi connectivity index (χ0n) is 12.2.